The molecule has 0 saturated carbocycles. The van der Waals surface area contributed by atoms with E-state index < -0.39 is 0 Å². The highest BCUT2D eigenvalue weighted by Crippen LogP contribution is 2.15. The standard InChI is InChI=1S/C23H34N4O2S/c1-4-26(5-2)10-11-27(23(30)24-15-20-7-6-12-29-20)16-19-14-18-9-8-17(3)13-21(18)25-22(19)28/h8-9,13-14,20H,4-7,10-12,15-16H2,1-3H3,(H,24,30)(H,25,28)/t20-/m0/s1. The van der Waals surface area contributed by atoms with Crippen molar-refractivity contribution in [2.75, 3.05) is 39.3 Å². The van der Waals surface area contributed by atoms with Crippen molar-refractivity contribution >= 4 is 28.2 Å². The van der Waals surface area contributed by atoms with Crippen LogP contribution >= 0.6 is 12.2 Å². The summed E-state index contributed by atoms with van der Waals surface area (Å²) in [7, 11) is 0. The van der Waals surface area contributed by atoms with Gasteiger partial charge < -0.3 is 24.8 Å². The molecule has 0 amide bonds. The molecule has 0 aliphatic carbocycles. The summed E-state index contributed by atoms with van der Waals surface area (Å²) in [6.45, 7) is 12.0. The van der Waals surface area contributed by atoms with Crippen molar-refractivity contribution < 1.29 is 4.74 Å². The lowest BCUT2D eigenvalue weighted by Crippen LogP contribution is -2.46. The van der Waals surface area contributed by atoms with Crippen LogP contribution in [0.4, 0.5) is 0 Å². The van der Waals surface area contributed by atoms with Gasteiger partial charge in [0.15, 0.2) is 5.11 Å². The van der Waals surface area contributed by atoms with Crippen LogP contribution in [0.5, 0.6) is 0 Å². The Balaban J connectivity index is 1.75. The summed E-state index contributed by atoms with van der Waals surface area (Å²) in [5.41, 5.74) is 2.68. The number of aromatic nitrogens is 1. The number of rotatable bonds is 9. The fourth-order valence-electron chi connectivity index (χ4n) is 3.86. The molecule has 2 heterocycles. The van der Waals surface area contributed by atoms with Crippen LogP contribution in [0.3, 0.4) is 0 Å². The molecule has 0 spiro atoms. The van der Waals surface area contributed by atoms with Crippen molar-refractivity contribution in [3.8, 4) is 0 Å². The zero-order chi connectivity index (χ0) is 21.5. The van der Waals surface area contributed by atoms with Gasteiger partial charge in [-0.05, 0) is 68.2 Å². The number of likely N-dealkylation sites (N-methyl/N-ethyl adjacent to an activating group) is 1. The number of hydrogen-bond donors (Lipinski definition) is 2. The first-order valence-electron chi connectivity index (χ1n) is 11.0. The van der Waals surface area contributed by atoms with Gasteiger partial charge in [-0.2, -0.15) is 0 Å². The third kappa shape index (κ3) is 6.03. The van der Waals surface area contributed by atoms with E-state index in [1.54, 1.807) is 0 Å². The lowest BCUT2D eigenvalue weighted by molar-refractivity contribution is 0.113. The number of nitrogens with one attached hydrogen (secondary N) is 2. The molecule has 7 heteroatoms. The van der Waals surface area contributed by atoms with Crippen LogP contribution in [0.25, 0.3) is 10.9 Å². The summed E-state index contributed by atoms with van der Waals surface area (Å²) < 4.78 is 5.71. The van der Waals surface area contributed by atoms with E-state index in [4.69, 9.17) is 17.0 Å². The fraction of sp³-hybridized carbons (Fsp3) is 0.565. The minimum atomic E-state index is -0.0529. The van der Waals surface area contributed by atoms with Crippen LogP contribution in [0.2, 0.25) is 0 Å². The van der Waals surface area contributed by atoms with Crippen LogP contribution in [-0.2, 0) is 11.3 Å². The Morgan fingerprint density at radius 3 is 2.77 bits per heavy atom. The van der Waals surface area contributed by atoms with Gasteiger partial charge in [-0.15, -0.1) is 0 Å². The normalized spacial score (nSPS) is 16.3. The first-order valence-corrected chi connectivity index (χ1v) is 11.4. The predicted octanol–water partition coefficient (Wildman–Crippen LogP) is 3.03. The lowest BCUT2D eigenvalue weighted by atomic mass is 10.1. The number of nitrogens with zero attached hydrogens (tertiary/aromatic N) is 2. The second kappa shape index (κ2) is 10.9. The van der Waals surface area contributed by atoms with Gasteiger partial charge in [-0.25, -0.2) is 0 Å². The predicted molar refractivity (Wildman–Crippen MR) is 127 cm³/mol. The molecule has 164 valence electrons. The molecule has 1 aromatic carbocycles. The monoisotopic (exact) mass is 430 g/mol. The van der Waals surface area contributed by atoms with Crippen molar-refractivity contribution in [2.45, 2.75) is 46.3 Å². The number of aromatic amines is 1. The van der Waals surface area contributed by atoms with Crippen LogP contribution in [0.15, 0.2) is 29.1 Å². The van der Waals surface area contributed by atoms with Crippen LogP contribution < -0.4 is 10.9 Å². The maximum absolute atomic E-state index is 12.7. The average Bonchev–Trinajstić information content (AvgIpc) is 3.26. The molecular formula is C23H34N4O2S. The molecule has 1 fully saturated rings. The minimum absolute atomic E-state index is 0.0529. The highest BCUT2D eigenvalue weighted by molar-refractivity contribution is 7.80. The van der Waals surface area contributed by atoms with Gasteiger partial charge in [0.05, 0.1) is 12.6 Å². The summed E-state index contributed by atoms with van der Waals surface area (Å²) >= 11 is 5.72. The Labute approximate surface area is 184 Å². The Morgan fingerprint density at radius 2 is 2.07 bits per heavy atom. The second-order valence-corrected chi connectivity index (χ2v) is 8.37. The van der Waals surface area contributed by atoms with E-state index >= 15 is 0 Å². The molecule has 0 unspecified atom stereocenters. The molecule has 0 radical (unpaired) electrons. The first-order chi connectivity index (χ1) is 14.5. The molecule has 1 aromatic heterocycles. The van der Waals surface area contributed by atoms with Gasteiger partial charge in [-0.3, -0.25) is 4.79 Å². The maximum atomic E-state index is 12.7. The van der Waals surface area contributed by atoms with Crippen molar-refractivity contribution in [3.63, 3.8) is 0 Å². The fourth-order valence-corrected chi connectivity index (χ4v) is 4.09. The van der Waals surface area contributed by atoms with Crippen molar-refractivity contribution in [3.05, 3.63) is 45.7 Å². The van der Waals surface area contributed by atoms with E-state index in [-0.39, 0.29) is 11.7 Å². The molecule has 6 nitrogen and oxygen atoms in total. The SMILES string of the molecule is CCN(CC)CCN(Cc1cc2ccc(C)cc2[nH]c1=O)C(=S)NC[C@@H]1CCCO1. The molecule has 0 bridgehead atoms. The molecule has 1 atom stereocenters. The zero-order valence-corrected chi connectivity index (χ0v) is 19.2. The maximum Gasteiger partial charge on any atom is 0.253 e. The molecule has 2 aromatic rings. The van der Waals surface area contributed by atoms with E-state index in [0.717, 1.165) is 67.7 Å². The summed E-state index contributed by atoms with van der Waals surface area (Å²) in [6, 6.07) is 8.11. The number of pyridine rings is 1. The van der Waals surface area contributed by atoms with Crippen molar-refractivity contribution in [1.82, 2.24) is 20.1 Å². The molecular weight excluding hydrogens is 396 g/mol. The van der Waals surface area contributed by atoms with E-state index in [0.29, 0.717) is 18.2 Å². The number of ether oxygens (including phenoxy) is 1. The number of thiocarbonyl (C=S) groups is 1. The number of fused-ring (bicyclic) bond motifs is 1. The lowest BCUT2D eigenvalue weighted by Gasteiger charge is -2.29. The van der Waals surface area contributed by atoms with E-state index in [9.17, 15) is 4.79 Å². The zero-order valence-electron chi connectivity index (χ0n) is 18.4. The highest BCUT2D eigenvalue weighted by atomic mass is 32.1. The van der Waals surface area contributed by atoms with E-state index in [1.165, 1.54) is 0 Å². The average molecular weight is 431 g/mol. The van der Waals surface area contributed by atoms with Gasteiger partial charge in [0.1, 0.15) is 0 Å². The number of hydrogen-bond acceptors (Lipinski definition) is 4. The topological polar surface area (TPSA) is 60.6 Å². The molecule has 2 N–H and O–H groups in total. The quantitative estimate of drug-likeness (QED) is 0.597. The van der Waals surface area contributed by atoms with E-state index in [2.05, 4.69) is 46.1 Å². The molecule has 1 aliphatic heterocycles. The smallest absolute Gasteiger partial charge is 0.253 e. The summed E-state index contributed by atoms with van der Waals surface area (Å²) in [4.78, 5) is 20.2. The molecule has 30 heavy (non-hydrogen) atoms. The largest absolute Gasteiger partial charge is 0.376 e. The van der Waals surface area contributed by atoms with Crippen LogP contribution in [0, 0.1) is 6.92 Å². The highest BCUT2D eigenvalue weighted by Gasteiger charge is 2.18. The van der Waals surface area contributed by atoms with Crippen LogP contribution in [-0.4, -0.2) is 65.3 Å². The summed E-state index contributed by atoms with van der Waals surface area (Å²) in [6.07, 6.45) is 2.40. The van der Waals surface area contributed by atoms with E-state index in [1.807, 2.05) is 19.1 Å². The summed E-state index contributed by atoms with van der Waals surface area (Å²) in [5.74, 6) is 0. The number of H-pyrrole nitrogens is 1. The van der Waals surface area contributed by atoms with Crippen LogP contribution in [0.1, 0.15) is 37.8 Å². The third-order valence-electron chi connectivity index (χ3n) is 5.81. The second-order valence-electron chi connectivity index (χ2n) is 7.98. The number of benzene rings is 1. The molecule has 1 saturated heterocycles. The molecule has 3 rings (SSSR count). The van der Waals surface area contributed by atoms with Crippen molar-refractivity contribution in [1.29, 1.82) is 0 Å². The minimum Gasteiger partial charge on any atom is -0.376 e. The Kier molecular flexibility index (Phi) is 8.24. The van der Waals surface area contributed by atoms with Gasteiger partial charge in [-0.1, -0.05) is 26.0 Å². The van der Waals surface area contributed by atoms with Crippen molar-refractivity contribution in [2.24, 2.45) is 0 Å². The van der Waals surface area contributed by atoms with Gasteiger partial charge in [0.2, 0.25) is 0 Å². The Hall–Kier alpha value is -1.96. The van der Waals surface area contributed by atoms with Gasteiger partial charge in [0.25, 0.3) is 5.56 Å². The first kappa shape index (κ1) is 22.7. The Morgan fingerprint density at radius 1 is 1.27 bits per heavy atom. The molecule has 1 aliphatic rings. The van der Waals surface area contributed by atoms with Gasteiger partial charge >= 0.3 is 0 Å². The summed E-state index contributed by atoms with van der Waals surface area (Å²) in [5, 5.41) is 5.09. The Bertz CT molecular complexity index is 904. The third-order valence-corrected chi connectivity index (χ3v) is 6.21. The van der Waals surface area contributed by atoms with Gasteiger partial charge in [0, 0.05) is 37.3 Å². The number of aryl methyl sites for hydroxylation is 1.